The fourth-order valence-corrected chi connectivity index (χ4v) is 0.313. The number of rotatable bonds is 0. The Morgan fingerprint density at radius 1 is 0.889 bits per heavy atom. The minimum absolute atomic E-state index is 0. The van der Waals surface area contributed by atoms with E-state index in [0.29, 0.717) is 0 Å². The van der Waals surface area contributed by atoms with Crippen molar-refractivity contribution in [2.24, 2.45) is 0 Å². The minimum Gasteiger partial charge on any atom is -0.265 e. The summed E-state index contributed by atoms with van der Waals surface area (Å²) < 4.78 is 0. The van der Waals surface area contributed by atoms with Crippen LogP contribution in [-0.2, 0) is 0 Å². The Morgan fingerprint density at radius 3 is 1.44 bits per heavy atom. The maximum atomic E-state index is 3.78. The van der Waals surface area contributed by atoms with E-state index in [2.05, 4.69) is 4.98 Å². The van der Waals surface area contributed by atoms with Crippen LogP contribution in [0.4, 0.5) is 0 Å². The molecule has 9 heavy (non-hydrogen) atoms. The maximum Gasteiger partial charge on any atom is 0.0267 e. The van der Waals surface area contributed by atoms with Crippen molar-refractivity contribution in [2.45, 2.75) is 13.8 Å². The van der Waals surface area contributed by atoms with Gasteiger partial charge in [-0.25, -0.2) is 0 Å². The summed E-state index contributed by atoms with van der Waals surface area (Å²) in [5, 5.41) is 0. The number of aromatic nitrogens is 1. The van der Waals surface area contributed by atoms with Gasteiger partial charge in [0.15, 0.2) is 0 Å². The van der Waals surface area contributed by atoms with Gasteiger partial charge in [-0.05, 0) is 12.1 Å². The first-order valence-corrected chi connectivity index (χ1v) is 2.85. The first kappa shape index (κ1) is 10.2. The molecule has 0 aliphatic rings. The molecule has 1 aromatic rings. The maximum absolute atomic E-state index is 3.78. The Morgan fingerprint density at radius 2 is 1.33 bits per heavy atom. The quantitative estimate of drug-likeness (QED) is 0.675. The molecule has 0 bridgehead atoms. The SMILES string of the molecule is CC.[Db].c1ccncc1. The molecule has 2 heteroatoms. The van der Waals surface area contributed by atoms with Crippen LogP contribution in [0.2, 0.25) is 0 Å². The molecule has 0 N–H and O–H groups in total. The Hall–Kier alpha value is -1.85. The van der Waals surface area contributed by atoms with E-state index in [1.54, 1.807) is 12.4 Å². The minimum atomic E-state index is 0. The molecule has 0 aliphatic heterocycles. The first-order valence-electron chi connectivity index (χ1n) is 2.85. The summed E-state index contributed by atoms with van der Waals surface area (Å²) in [5.41, 5.74) is 0. The number of hydrogen-bond acceptors (Lipinski definition) is 1. The van der Waals surface area contributed by atoms with E-state index >= 15 is 0 Å². The van der Waals surface area contributed by atoms with Crippen molar-refractivity contribution >= 4 is 0 Å². The molecular formula is C7H11DbN. The monoisotopic (exact) mass is 377 g/mol. The van der Waals surface area contributed by atoms with Crippen LogP contribution in [0.1, 0.15) is 13.8 Å². The van der Waals surface area contributed by atoms with Crippen molar-refractivity contribution in [3.63, 3.8) is 0 Å². The number of pyridine rings is 1. The second-order valence-electron chi connectivity index (χ2n) is 1.02. The van der Waals surface area contributed by atoms with Gasteiger partial charge in [-0.1, -0.05) is 19.9 Å². The van der Waals surface area contributed by atoms with Gasteiger partial charge in [0.1, 0.15) is 0 Å². The van der Waals surface area contributed by atoms with E-state index in [1.807, 2.05) is 32.0 Å². The van der Waals surface area contributed by atoms with Crippen LogP contribution < -0.4 is 0 Å². The van der Waals surface area contributed by atoms with Crippen molar-refractivity contribution in [2.75, 3.05) is 0 Å². The number of nitrogens with zero attached hydrogens (tertiary/aromatic N) is 1. The van der Waals surface area contributed by atoms with Gasteiger partial charge in [0, 0.05) is 12.4 Å². The Bertz CT molecular complexity index is 80.8. The van der Waals surface area contributed by atoms with Gasteiger partial charge in [-0.3, -0.25) is 4.98 Å². The van der Waals surface area contributed by atoms with Gasteiger partial charge in [-0.2, -0.15) is 0 Å². The average Bonchev–Trinajstić information content (AvgIpc) is 1.96. The van der Waals surface area contributed by atoms with E-state index in [-0.39, 0.29) is 0 Å². The molecule has 1 rings (SSSR count). The van der Waals surface area contributed by atoms with E-state index in [9.17, 15) is 0 Å². The average molecular weight is 377 g/mol. The van der Waals surface area contributed by atoms with Gasteiger partial charge < -0.3 is 0 Å². The van der Waals surface area contributed by atoms with Crippen LogP contribution in [-0.4, -0.2) is 4.98 Å². The summed E-state index contributed by atoms with van der Waals surface area (Å²) in [7, 11) is 0. The summed E-state index contributed by atoms with van der Waals surface area (Å²) in [6.07, 6.45) is 3.50. The summed E-state index contributed by atoms with van der Waals surface area (Å²) >= 11 is 0. The predicted molar refractivity (Wildman–Crippen MR) is 35.6 cm³/mol. The summed E-state index contributed by atoms with van der Waals surface area (Å²) in [5.74, 6) is 0. The second-order valence-corrected chi connectivity index (χ2v) is 1.02. The molecule has 46 valence electrons. The predicted octanol–water partition coefficient (Wildman–Crippen LogP) is 2.11. The zero-order chi connectivity index (χ0) is 6.24. The Kier molecular flexibility index (Phi) is 10.7. The van der Waals surface area contributed by atoms with Gasteiger partial charge in [-0.15, -0.1) is 0 Å². The third kappa shape index (κ3) is 6.15. The molecule has 0 aromatic carbocycles. The van der Waals surface area contributed by atoms with Crippen molar-refractivity contribution in [1.82, 2.24) is 4.98 Å². The van der Waals surface area contributed by atoms with Crippen molar-refractivity contribution < 1.29 is 0 Å². The third-order valence-electron chi connectivity index (χ3n) is 0.566. The summed E-state index contributed by atoms with van der Waals surface area (Å²) in [6, 6.07) is 5.72. The van der Waals surface area contributed by atoms with E-state index in [0.717, 1.165) is 0 Å². The van der Waals surface area contributed by atoms with Gasteiger partial charge in [0.2, 0.25) is 0 Å². The smallest absolute Gasteiger partial charge is 0.0267 e. The molecular weight excluding hydrogens is 366 g/mol. The van der Waals surface area contributed by atoms with Crippen LogP contribution in [0.3, 0.4) is 0 Å². The fraction of sp³-hybridized carbons (Fsp3) is 0.286. The normalized spacial score (nSPS) is 6.00. The molecule has 1 nitrogen and oxygen atoms in total. The molecule has 0 unspecified atom stereocenters. The van der Waals surface area contributed by atoms with Crippen LogP contribution in [0.15, 0.2) is 30.6 Å². The summed E-state index contributed by atoms with van der Waals surface area (Å²) in [4.78, 5) is 3.78. The van der Waals surface area contributed by atoms with Crippen LogP contribution in [0.25, 0.3) is 0 Å². The fourth-order valence-electron chi connectivity index (χ4n) is 0.313. The third-order valence-corrected chi connectivity index (χ3v) is 0.566. The van der Waals surface area contributed by atoms with Crippen molar-refractivity contribution in [3.05, 3.63) is 30.6 Å². The zero-order valence-electron chi connectivity index (χ0n) is 6.04. The molecule has 0 saturated heterocycles. The molecule has 0 aliphatic carbocycles. The summed E-state index contributed by atoms with van der Waals surface area (Å²) in [6.45, 7) is 4.00. The Labute approximate surface area is 50.4 Å². The van der Waals surface area contributed by atoms with Gasteiger partial charge >= 0.3 is 0 Å². The van der Waals surface area contributed by atoms with Crippen molar-refractivity contribution in [3.8, 4) is 0 Å². The first-order chi connectivity index (χ1) is 4.00. The Balaban J connectivity index is 0. The largest absolute Gasteiger partial charge is 0.265 e. The second kappa shape index (κ2) is 9.47. The molecule has 0 atom stereocenters. The van der Waals surface area contributed by atoms with Crippen LogP contribution >= 0.6 is 0 Å². The molecule has 0 spiro atoms. The molecule has 0 fully saturated rings. The van der Waals surface area contributed by atoms with Gasteiger partial charge in [0.05, 0.1) is 0 Å². The molecule has 0 radical (unpaired) electrons. The zero-order valence-corrected chi connectivity index (χ0v) is 12.5. The molecule has 0 saturated carbocycles. The van der Waals surface area contributed by atoms with Crippen LogP contribution in [0, 0.1) is 0 Å². The number of hydrogen-bond donors (Lipinski definition) is 0. The van der Waals surface area contributed by atoms with E-state index < -0.39 is 0 Å². The molecule has 1 heterocycles. The standard InChI is InChI=1S/C5H5N.C2H6.Db/c1-2-4-6-5-3-1;1-2;/h1-5H;1-2H3;. The molecule has 1 aromatic heterocycles. The van der Waals surface area contributed by atoms with E-state index in [4.69, 9.17) is 0 Å². The van der Waals surface area contributed by atoms with Gasteiger partial charge in [0.25, 0.3) is 0 Å². The molecule has 0 amide bonds. The topological polar surface area (TPSA) is 12.9 Å². The van der Waals surface area contributed by atoms with E-state index in [1.165, 1.54) is 0 Å². The van der Waals surface area contributed by atoms with Crippen LogP contribution in [0.5, 0.6) is 0 Å². The van der Waals surface area contributed by atoms with Crippen molar-refractivity contribution in [1.29, 1.82) is 0 Å².